The predicted molar refractivity (Wildman–Crippen MR) is 78.5 cm³/mol. The van der Waals surface area contributed by atoms with Crippen LogP contribution in [-0.4, -0.2) is 23.3 Å². The Kier molecular flexibility index (Phi) is 3.45. The van der Waals surface area contributed by atoms with E-state index >= 15 is 0 Å². The molecule has 1 aromatic heterocycles. The Morgan fingerprint density at radius 1 is 1.21 bits per heavy atom. The fourth-order valence-electron chi connectivity index (χ4n) is 1.86. The monoisotopic (exact) mass is 260 g/mol. The number of nitrogen functional groups attached to an aromatic ring is 1. The van der Waals surface area contributed by atoms with Crippen molar-refractivity contribution in [2.24, 2.45) is 0 Å². The second-order valence-electron chi connectivity index (χ2n) is 5.95. The van der Waals surface area contributed by atoms with Crippen molar-refractivity contribution in [3.05, 3.63) is 29.4 Å². The second kappa shape index (κ2) is 4.65. The van der Waals surface area contributed by atoms with Crippen LogP contribution in [0.15, 0.2) is 18.2 Å². The summed E-state index contributed by atoms with van der Waals surface area (Å²) in [4.78, 5) is 4.13. The highest BCUT2D eigenvalue weighted by molar-refractivity contribution is 6.52. The molecule has 0 spiro atoms. The lowest BCUT2D eigenvalue weighted by atomic mass is 9.89. The fourth-order valence-corrected chi connectivity index (χ4v) is 1.86. The summed E-state index contributed by atoms with van der Waals surface area (Å²) >= 11 is 0. The highest BCUT2D eigenvalue weighted by atomic mass is 16.7. The van der Waals surface area contributed by atoms with Crippen LogP contribution in [0, 0.1) is 6.92 Å². The summed E-state index contributed by atoms with van der Waals surface area (Å²) in [5, 5.41) is 0. The van der Waals surface area contributed by atoms with Gasteiger partial charge in [-0.15, -0.1) is 0 Å². The molecule has 0 bridgehead atoms. The van der Waals surface area contributed by atoms with Crippen molar-refractivity contribution in [2.75, 3.05) is 5.73 Å². The minimum absolute atomic E-state index is 0.308. The van der Waals surface area contributed by atoms with E-state index in [0.29, 0.717) is 5.82 Å². The summed E-state index contributed by atoms with van der Waals surface area (Å²) in [6.07, 6.45) is 3.69. The number of nitrogens with zero attached hydrogens (tertiary/aromatic N) is 1. The van der Waals surface area contributed by atoms with E-state index in [4.69, 9.17) is 15.0 Å². The number of hydrogen-bond acceptors (Lipinski definition) is 4. The maximum atomic E-state index is 5.89. The first-order chi connectivity index (χ1) is 8.71. The van der Waals surface area contributed by atoms with E-state index in [2.05, 4.69) is 4.98 Å². The van der Waals surface area contributed by atoms with Crippen molar-refractivity contribution >= 4 is 19.0 Å². The molecule has 1 aromatic rings. The van der Waals surface area contributed by atoms with Gasteiger partial charge in [0.05, 0.1) is 11.2 Å². The first-order valence-corrected chi connectivity index (χ1v) is 6.47. The van der Waals surface area contributed by atoms with Crippen molar-refractivity contribution in [3.63, 3.8) is 0 Å². The molecule has 0 aliphatic carbocycles. The van der Waals surface area contributed by atoms with Crippen LogP contribution in [0.1, 0.15) is 38.8 Å². The molecule has 1 aliphatic rings. The molecule has 0 radical (unpaired) electrons. The van der Waals surface area contributed by atoms with Gasteiger partial charge in [0.1, 0.15) is 5.82 Å². The zero-order valence-corrected chi connectivity index (χ0v) is 12.2. The van der Waals surface area contributed by atoms with Gasteiger partial charge in [0.25, 0.3) is 0 Å². The largest absolute Gasteiger partial charge is 0.487 e. The average Bonchev–Trinajstić information content (AvgIpc) is 2.49. The van der Waals surface area contributed by atoms with Crippen molar-refractivity contribution in [1.82, 2.24) is 4.98 Å². The van der Waals surface area contributed by atoms with E-state index in [9.17, 15) is 0 Å². The molecule has 2 heterocycles. The van der Waals surface area contributed by atoms with Gasteiger partial charge in [0.15, 0.2) is 0 Å². The normalized spacial score (nSPS) is 21.2. The lowest BCUT2D eigenvalue weighted by Gasteiger charge is -2.32. The molecule has 0 amide bonds. The molecule has 2 N–H and O–H groups in total. The Balaban J connectivity index is 2.10. The summed E-state index contributed by atoms with van der Waals surface area (Å²) in [5.74, 6) is 2.47. The van der Waals surface area contributed by atoms with Gasteiger partial charge in [-0.25, -0.2) is 4.98 Å². The molecule has 0 aromatic carbocycles. The van der Waals surface area contributed by atoms with Gasteiger partial charge in [0, 0.05) is 6.20 Å². The van der Waals surface area contributed by atoms with Crippen LogP contribution in [0.5, 0.6) is 0 Å². The van der Waals surface area contributed by atoms with E-state index in [1.54, 1.807) is 6.20 Å². The predicted octanol–water partition coefficient (Wildman–Crippen LogP) is 2.62. The number of hydrogen-bond donors (Lipinski definition) is 1. The molecule has 1 aliphatic heterocycles. The molecule has 0 saturated carbocycles. The van der Waals surface area contributed by atoms with Crippen LogP contribution in [0.25, 0.3) is 6.08 Å². The Morgan fingerprint density at radius 3 is 2.32 bits per heavy atom. The average molecular weight is 260 g/mol. The molecule has 19 heavy (non-hydrogen) atoms. The maximum absolute atomic E-state index is 5.89. The van der Waals surface area contributed by atoms with Gasteiger partial charge in [0.2, 0.25) is 0 Å². The molecule has 102 valence electrons. The smallest absolute Gasteiger partial charge is 0.400 e. The van der Waals surface area contributed by atoms with E-state index in [-0.39, 0.29) is 18.3 Å². The minimum Gasteiger partial charge on any atom is -0.400 e. The van der Waals surface area contributed by atoms with Crippen LogP contribution in [-0.2, 0) is 9.31 Å². The lowest BCUT2D eigenvalue weighted by Crippen LogP contribution is -2.41. The maximum Gasteiger partial charge on any atom is 0.487 e. The topological polar surface area (TPSA) is 57.4 Å². The van der Waals surface area contributed by atoms with Crippen LogP contribution >= 0.6 is 0 Å². The summed E-state index contributed by atoms with van der Waals surface area (Å²) in [6, 6.07) is 1.99. The van der Waals surface area contributed by atoms with Crippen molar-refractivity contribution < 1.29 is 9.31 Å². The minimum atomic E-state index is -0.331. The molecule has 2 rings (SSSR count). The zero-order chi connectivity index (χ0) is 14.3. The number of aryl methyl sites for hydroxylation is 1. The Labute approximate surface area is 115 Å². The van der Waals surface area contributed by atoms with Crippen molar-refractivity contribution in [3.8, 4) is 0 Å². The van der Waals surface area contributed by atoms with Crippen LogP contribution in [0.4, 0.5) is 5.82 Å². The van der Waals surface area contributed by atoms with E-state index in [1.807, 2.05) is 52.7 Å². The third-order valence-corrected chi connectivity index (χ3v) is 3.86. The molecular formula is C14H21BN2O2. The third-order valence-electron chi connectivity index (χ3n) is 3.86. The lowest BCUT2D eigenvalue weighted by molar-refractivity contribution is 0.00578. The van der Waals surface area contributed by atoms with Crippen LogP contribution in [0.3, 0.4) is 0 Å². The van der Waals surface area contributed by atoms with Gasteiger partial charge < -0.3 is 15.0 Å². The van der Waals surface area contributed by atoms with E-state index < -0.39 is 0 Å². The van der Waals surface area contributed by atoms with E-state index in [1.165, 1.54) is 0 Å². The van der Waals surface area contributed by atoms with Crippen LogP contribution < -0.4 is 5.73 Å². The van der Waals surface area contributed by atoms with Gasteiger partial charge in [-0.05, 0) is 51.8 Å². The number of pyridine rings is 1. The number of aromatic nitrogens is 1. The highest BCUT2D eigenvalue weighted by Crippen LogP contribution is 2.37. The SMILES string of the molecule is Cc1cc(/C=C/B2OC(C)(C)C(C)(C)O2)cnc1N. The third kappa shape index (κ3) is 2.82. The van der Waals surface area contributed by atoms with Gasteiger partial charge >= 0.3 is 7.12 Å². The number of anilines is 1. The fraction of sp³-hybridized carbons (Fsp3) is 0.500. The molecular weight excluding hydrogens is 239 g/mol. The Morgan fingerprint density at radius 2 is 1.79 bits per heavy atom. The van der Waals surface area contributed by atoms with Gasteiger partial charge in [-0.1, -0.05) is 12.1 Å². The molecule has 1 saturated heterocycles. The van der Waals surface area contributed by atoms with Gasteiger partial charge in [-0.2, -0.15) is 0 Å². The molecule has 0 atom stereocenters. The van der Waals surface area contributed by atoms with Crippen LogP contribution in [0.2, 0.25) is 0 Å². The zero-order valence-electron chi connectivity index (χ0n) is 12.2. The molecule has 1 fully saturated rings. The summed E-state index contributed by atoms with van der Waals surface area (Å²) < 4.78 is 11.8. The molecule has 4 nitrogen and oxygen atoms in total. The summed E-state index contributed by atoms with van der Waals surface area (Å²) in [6.45, 7) is 10.1. The highest BCUT2D eigenvalue weighted by Gasteiger charge is 2.49. The Bertz CT molecular complexity index is 496. The van der Waals surface area contributed by atoms with Crippen molar-refractivity contribution in [2.45, 2.75) is 45.8 Å². The number of nitrogens with two attached hydrogens (primary N) is 1. The molecule has 5 heteroatoms. The van der Waals surface area contributed by atoms with E-state index in [0.717, 1.165) is 11.1 Å². The number of rotatable bonds is 2. The second-order valence-corrected chi connectivity index (χ2v) is 5.95. The standard InChI is InChI=1S/C14H21BN2O2/c1-10-8-11(9-17-12(10)16)6-7-15-18-13(2,3)14(4,5)19-15/h6-9H,1-5H3,(H2,16,17)/b7-6+. The summed E-state index contributed by atoms with van der Waals surface area (Å²) in [7, 11) is -0.331. The quantitative estimate of drug-likeness (QED) is 0.830. The summed E-state index contributed by atoms with van der Waals surface area (Å²) in [5.41, 5.74) is 7.03. The first kappa shape index (κ1) is 14.1. The van der Waals surface area contributed by atoms with Crippen molar-refractivity contribution in [1.29, 1.82) is 0 Å². The molecule has 0 unspecified atom stereocenters. The first-order valence-electron chi connectivity index (χ1n) is 6.47. The van der Waals surface area contributed by atoms with Gasteiger partial charge in [-0.3, -0.25) is 0 Å². The Hall–Kier alpha value is -1.33.